The van der Waals surface area contributed by atoms with Gasteiger partial charge in [0.05, 0.1) is 24.9 Å². The van der Waals surface area contributed by atoms with Crippen molar-refractivity contribution in [3.8, 4) is 0 Å². The van der Waals surface area contributed by atoms with Gasteiger partial charge in [-0.05, 0) is 97.0 Å². The first-order valence-electron chi connectivity index (χ1n) is 15.8. The normalized spacial score (nSPS) is 46.6. The molecule has 6 unspecified atom stereocenters. The van der Waals surface area contributed by atoms with Crippen molar-refractivity contribution < 1.29 is 34.6 Å². The average Bonchev–Trinajstić information content (AvgIpc) is 3.20. The van der Waals surface area contributed by atoms with Crippen molar-refractivity contribution in [2.24, 2.45) is 40.4 Å². The summed E-state index contributed by atoms with van der Waals surface area (Å²) < 4.78 is 17.5. The zero-order valence-electron chi connectivity index (χ0n) is 25.5. The number of allylic oxidation sites excluding steroid dienone is 3. The molecule has 7 nitrogen and oxygen atoms in total. The van der Waals surface area contributed by atoms with Crippen LogP contribution in [0, 0.1) is 40.4 Å². The lowest BCUT2D eigenvalue weighted by Gasteiger charge is -2.54. The van der Waals surface area contributed by atoms with Crippen molar-refractivity contribution in [1.82, 2.24) is 0 Å². The van der Waals surface area contributed by atoms with Crippen LogP contribution in [-0.4, -0.2) is 77.1 Å². The van der Waals surface area contributed by atoms with E-state index in [1.807, 2.05) is 0 Å². The van der Waals surface area contributed by atoms with Crippen LogP contribution in [0.25, 0.3) is 0 Å². The van der Waals surface area contributed by atoms with Crippen molar-refractivity contribution in [2.45, 2.75) is 129 Å². The molecule has 0 bridgehead atoms. The molecule has 5 rings (SSSR count). The molecule has 5 aliphatic rings. The minimum Gasteiger partial charge on any atom is -0.393 e. The summed E-state index contributed by atoms with van der Waals surface area (Å²) in [7, 11) is 1.51. The topological polar surface area (TPSA) is 109 Å². The molecule has 0 spiro atoms. The number of aliphatic hydroxyl groups is 4. The molecule has 4 N–H and O–H groups in total. The van der Waals surface area contributed by atoms with Crippen LogP contribution in [0.15, 0.2) is 23.3 Å². The van der Waals surface area contributed by atoms with Crippen LogP contribution in [0.2, 0.25) is 0 Å². The van der Waals surface area contributed by atoms with Gasteiger partial charge in [-0.15, -0.1) is 0 Å². The minimum atomic E-state index is -1.02. The monoisotopic (exact) mass is 562 g/mol. The number of hydrogen-bond donors (Lipinski definition) is 4. The second-order valence-electron chi connectivity index (χ2n) is 14.6. The van der Waals surface area contributed by atoms with Crippen LogP contribution in [0.4, 0.5) is 0 Å². The Bertz CT molecular complexity index is 962. The molecule has 1 aliphatic heterocycles. The van der Waals surface area contributed by atoms with Crippen LogP contribution in [0.1, 0.15) is 86.0 Å². The van der Waals surface area contributed by atoms with Crippen molar-refractivity contribution in [2.75, 3.05) is 13.7 Å². The molecule has 1 saturated heterocycles. The molecular weight excluding hydrogens is 508 g/mol. The van der Waals surface area contributed by atoms with E-state index in [1.54, 1.807) is 0 Å². The van der Waals surface area contributed by atoms with Crippen LogP contribution in [0.3, 0.4) is 0 Å². The van der Waals surface area contributed by atoms with Crippen molar-refractivity contribution in [3.05, 3.63) is 23.3 Å². The summed E-state index contributed by atoms with van der Waals surface area (Å²) in [5.41, 5.74) is 2.94. The molecule has 0 radical (unpaired) electrons. The summed E-state index contributed by atoms with van der Waals surface area (Å²) in [4.78, 5) is 0. The summed E-state index contributed by atoms with van der Waals surface area (Å²) in [5.74, 6) is 1.80. The quantitative estimate of drug-likeness (QED) is 0.348. The molecule has 0 aromatic rings. The van der Waals surface area contributed by atoms with E-state index in [-0.39, 0.29) is 47.6 Å². The van der Waals surface area contributed by atoms with E-state index in [9.17, 15) is 20.4 Å². The summed E-state index contributed by atoms with van der Waals surface area (Å²) in [6.45, 7) is 11.4. The highest BCUT2D eigenvalue weighted by atomic mass is 16.7. The Hall–Kier alpha value is -0.800. The number of hydrogen-bond acceptors (Lipinski definition) is 7. The van der Waals surface area contributed by atoms with Crippen molar-refractivity contribution >= 4 is 0 Å². The van der Waals surface area contributed by atoms with Gasteiger partial charge < -0.3 is 34.6 Å². The summed E-state index contributed by atoms with van der Waals surface area (Å²) in [6, 6.07) is 0. The maximum Gasteiger partial charge on any atom is 0.186 e. The fourth-order valence-corrected chi connectivity index (χ4v) is 9.22. The van der Waals surface area contributed by atoms with Gasteiger partial charge in [0.1, 0.15) is 18.3 Å². The van der Waals surface area contributed by atoms with Crippen molar-refractivity contribution in [1.29, 1.82) is 0 Å². The van der Waals surface area contributed by atoms with E-state index < -0.39 is 24.6 Å². The highest BCUT2D eigenvalue weighted by Crippen LogP contribution is 2.65. The number of rotatable bonds is 8. The lowest BCUT2D eigenvalue weighted by atomic mass is 9.51. The largest absolute Gasteiger partial charge is 0.393 e. The molecule has 0 amide bonds. The lowest BCUT2D eigenvalue weighted by molar-refractivity contribution is -0.292. The Morgan fingerprint density at radius 1 is 1.05 bits per heavy atom. The van der Waals surface area contributed by atoms with Gasteiger partial charge >= 0.3 is 0 Å². The second-order valence-corrected chi connectivity index (χ2v) is 14.6. The van der Waals surface area contributed by atoms with Gasteiger partial charge in [0.25, 0.3) is 0 Å². The van der Waals surface area contributed by atoms with E-state index in [0.29, 0.717) is 17.8 Å². The second kappa shape index (κ2) is 11.7. The van der Waals surface area contributed by atoms with Gasteiger partial charge in [-0.3, -0.25) is 0 Å². The molecule has 7 heteroatoms. The fourth-order valence-electron chi connectivity index (χ4n) is 9.22. The first-order chi connectivity index (χ1) is 18.9. The zero-order valence-corrected chi connectivity index (χ0v) is 25.5. The molecule has 13 atom stereocenters. The molecule has 3 fully saturated rings. The lowest BCUT2D eigenvalue weighted by Crippen LogP contribution is -2.56. The smallest absolute Gasteiger partial charge is 0.186 e. The fraction of sp³-hybridized carbons (Fsp3) is 0.879. The molecule has 1 heterocycles. The van der Waals surface area contributed by atoms with Crippen LogP contribution >= 0.6 is 0 Å². The van der Waals surface area contributed by atoms with Gasteiger partial charge in [0, 0.05) is 13.0 Å². The number of fused-ring (bicyclic) bond motifs is 5. The van der Waals surface area contributed by atoms with E-state index in [1.165, 1.54) is 18.3 Å². The minimum absolute atomic E-state index is 0.0102. The molecule has 0 aromatic carbocycles. The Labute approximate surface area is 241 Å². The Morgan fingerprint density at radius 3 is 2.50 bits per heavy atom. The van der Waals surface area contributed by atoms with Gasteiger partial charge in [-0.1, -0.05) is 46.8 Å². The average molecular weight is 563 g/mol. The van der Waals surface area contributed by atoms with Gasteiger partial charge in [0.15, 0.2) is 6.29 Å². The maximum atomic E-state index is 11.5. The van der Waals surface area contributed by atoms with Crippen LogP contribution in [0.5, 0.6) is 0 Å². The highest BCUT2D eigenvalue weighted by molar-refractivity contribution is 5.47. The SMILES string of the molecule is COC1C(O[C@H]2CC[C@]3(C)C4=CC[C@@]5(C)C(C4=CCC3C2)[C@H](O)C[C@@H]5[C@H](C)CC[C@H](O)C(C)C)OCC(O)C1O. The third kappa shape index (κ3) is 5.27. The predicted octanol–water partition coefficient (Wildman–Crippen LogP) is 4.37. The number of ether oxygens (including phenoxy) is 3. The van der Waals surface area contributed by atoms with E-state index in [2.05, 4.69) is 46.8 Å². The summed E-state index contributed by atoms with van der Waals surface area (Å²) in [6.07, 6.45) is 8.46. The van der Waals surface area contributed by atoms with E-state index in [0.717, 1.165) is 51.4 Å². The zero-order chi connectivity index (χ0) is 29.0. The summed E-state index contributed by atoms with van der Waals surface area (Å²) >= 11 is 0. The van der Waals surface area contributed by atoms with Gasteiger partial charge in [-0.2, -0.15) is 0 Å². The first-order valence-corrected chi connectivity index (χ1v) is 15.8. The molecule has 0 aromatic heterocycles. The molecule has 2 saturated carbocycles. The van der Waals surface area contributed by atoms with Crippen molar-refractivity contribution in [3.63, 3.8) is 0 Å². The van der Waals surface area contributed by atoms with E-state index >= 15 is 0 Å². The standard InChI is InChI=1S/C33H54O7/c1-18(2)25(34)10-7-19(3)24-16-26(35)28-22-9-8-20-15-21(40-31-30(38-6)29(37)27(36)17-39-31)11-13-32(20,4)23(22)12-14-33(24,28)5/h9,12,18-21,24-31,34-37H,7-8,10-11,13-17H2,1-6H3/t19-,20?,21+,24-,25+,26-,27?,28?,29?,30?,31?,32+,33-/m1/s1. The summed E-state index contributed by atoms with van der Waals surface area (Å²) in [5, 5.41) is 42.2. The van der Waals surface area contributed by atoms with Gasteiger partial charge in [-0.25, -0.2) is 0 Å². The highest BCUT2D eigenvalue weighted by Gasteiger charge is 2.58. The number of aliphatic hydroxyl groups excluding tert-OH is 4. The van der Waals surface area contributed by atoms with E-state index in [4.69, 9.17) is 14.2 Å². The Kier molecular flexibility index (Phi) is 8.97. The Balaban J connectivity index is 1.29. The Morgan fingerprint density at radius 2 is 1.80 bits per heavy atom. The first kappa shape index (κ1) is 30.7. The maximum absolute atomic E-state index is 11.5. The third-order valence-corrected chi connectivity index (χ3v) is 11.9. The molecule has 4 aliphatic carbocycles. The van der Waals surface area contributed by atoms with Crippen LogP contribution < -0.4 is 0 Å². The number of methoxy groups -OCH3 is 1. The van der Waals surface area contributed by atoms with Gasteiger partial charge in [0.2, 0.25) is 0 Å². The molecular formula is C33H54O7. The predicted molar refractivity (Wildman–Crippen MR) is 153 cm³/mol. The molecule has 228 valence electrons. The van der Waals surface area contributed by atoms with Crippen LogP contribution in [-0.2, 0) is 14.2 Å². The third-order valence-electron chi connectivity index (χ3n) is 11.9. The molecule has 40 heavy (non-hydrogen) atoms.